The molecule has 112 valence electrons. The van der Waals surface area contributed by atoms with Gasteiger partial charge in [-0.2, -0.15) is 0 Å². The van der Waals surface area contributed by atoms with Crippen molar-refractivity contribution in [1.29, 1.82) is 0 Å². The molecule has 1 saturated carbocycles. The molecule has 2 bridgehead atoms. The van der Waals surface area contributed by atoms with Crippen molar-refractivity contribution in [2.24, 2.45) is 0 Å². The molecule has 5 rings (SSSR count). The predicted octanol–water partition coefficient (Wildman–Crippen LogP) is 0.195. The molecule has 1 aromatic rings. The molecular weight excluding hydrogens is 270 g/mol. The Morgan fingerprint density at radius 2 is 2.14 bits per heavy atom. The van der Waals surface area contributed by atoms with Gasteiger partial charge in [-0.3, -0.25) is 0 Å². The number of phenolic OH excluding ortho intramolecular Hbond substituents is 1. The van der Waals surface area contributed by atoms with Gasteiger partial charge in [0.05, 0.1) is 17.1 Å². The lowest BCUT2D eigenvalue weighted by Gasteiger charge is -2.61. The third-order valence-corrected chi connectivity index (χ3v) is 6.25. The normalized spacial score (nSPS) is 45.9. The lowest BCUT2D eigenvalue weighted by Crippen LogP contribution is -2.76. The Balaban J connectivity index is 1.87. The van der Waals surface area contributed by atoms with Crippen LogP contribution >= 0.6 is 0 Å². The molecule has 4 N–H and O–H groups in total. The van der Waals surface area contributed by atoms with Gasteiger partial charge < -0.3 is 25.4 Å². The number of aliphatic hydroxyl groups is 2. The monoisotopic (exact) mass is 289 g/mol. The molecule has 0 unspecified atom stereocenters. The third kappa shape index (κ3) is 1.14. The molecule has 2 aliphatic heterocycles. The summed E-state index contributed by atoms with van der Waals surface area (Å²) in [5.41, 5.74) is 0.594. The van der Waals surface area contributed by atoms with Gasteiger partial charge in [0.15, 0.2) is 11.5 Å². The van der Waals surface area contributed by atoms with E-state index in [1.54, 1.807) is 6.07 Å². The minimum absolute atomic E-state index is 0.00663. The largest absolute Gasteiger partial charge is 0.504 e. The molecule has 21 heavy (non-hydrogen) atoms. The zero-order valence-electron chi connectivity index (χ0n) is 11.7. The summed E-state index contributed by atoms with van der Waals surface area (Å²) in [6, 6.07) is 3.59. The van der Waals surface area contributed by atoms with Crippen LogP contribution in [0.5, 0.6) is 11.5 Å². The SMILES string of the molecule is Oc1ccc2c3c1O[C@H]1[C@@H](O)CC[C@@]4(O)[C@@H](C2)NCC[C@]314. The summed E-state index contributed by atoms with van der Waals surface area (Å²) in [4.78, 5) is 0. The Labute approximate surface area is 122 Å². The van der Waals surface area contributed by atoms with Crippen molar-refractivity contribution in [1.82, 2.24) is 5.32 Å². The molecule has 5 atom stereocenters. The summed E-state index contributed by atoms with van der Waals surface area (Å²) in [6.07, 6.45) is 1.52. The first-order chi connectivity index (χ1) is 10.1. The zero-order chi connectivity index (χ0) is 14.4. The Bertz CT molecular complexity index is 647. The van der Waals surface area contributed by atoms with Gasteiger partial charge in [-0.25, -0.2) is 0 Å². The third-order valence-electron chi connectivity index (χ3n) is 6.25. The van der Waals surface area contributed by atoms with Gasteiger partial charge in [-0.1, -0.05) is 6.07 Å². The molecule has 1 spiro atoms. The van der Waals surface area contributed by atoms with Gasteiger partial charge in [-0.05, 0) is 43.9 Å². The van der Waals surface area contributed by atoms with E-state index in [0.29, 0.717) is 18.6 Å². The first-order valence-corrected chi connectivity index (χ1v) is 7.74. The van der Waals surface area contributed by atoms with Crippen molar-refractivity contribution < 1.29 is 20.1 Å². The van der Waals surface area contributed by atoms with Gasteiger partial charge in [0.1, 0.15) is 6.10 Å². The molecule has 5 nitrogen and oxygen atoms in total. The number of benzene rings is 1. The number of hydrogen-bond acceptors (Lipinski definition) is 5. The van der Waals surface area contributed by atoms with E-state index in [0.717, 1.165) is 30.5 Å². The van der Waals surface area contributed by atoms with E-state index in [9.17, 15) is 15.3 Å². The quantitative estimate of drug-likeness (QED) is 0.548. The Hall–Kier alpha value is -1.30. The van der Waals surface area contributed by atoms with Gasteiger partial charge in [-0.15, -0.1) is 0 Å². The van der Waals surface area contributed by atoms with Crippen LogP contribution in [-0.4, -0.2) is 45.7 Å². The Kier molecular flexibility index (Phi) is 2.07. The van der Waals surface area contributed by atoms with Crippen LogP contribution in [0.4, 0.5) is 0 Å². The minimum atomic E-state index is -0.902. The molecule has 2 aliphatic carbocycles. The van der Waals surface area contributed by atoms with Crippen LogP contribution in [0.25, 0.3) is 0 Å². The zero-order valence-corrected chi connectivity index (χ0v) is 11.7. The molecular formula is C16H19NO4. The minimum Gasteiger partial charge on any atom is -0.504 e. The maximum Gasteiger partial charge on any atom is 0.165 e. The second-order valence-corrected chi connectivity index (χ2v) is 6.95. The Morgan fingerprint density at radius 1 is 1.29 bits per heavy atom. The summed E-state index contributed by atoms with van der Waals surface area (Å²) in [7, 11) is 0. The summed E-state index contributed by atoms with van der Waals surface area (Å²) in [5.74, 6) is 0.598. The molecule has 0 radical (unpaired) electrons. The number of phenols is 1. The van der Waals surface area contributed by atoms with E-state index >= 15 is 0 Å². The van der Waals surface area contributed by atoms with E-state index in [2.05, 4.69) is 5.32 Å². The number of piperidine rings is 1. The van der Waals surface area contributed by atoms with E-state index < -0.39 is 23.2 Å². The van der Waals surface area contributed by atoms with Crippen molar-refractivity contribution in [3.63, 3.8) is 0 Å². The highest BCUT2D eigenvalue weighted by molar-refractivity contribution is 5.62. The highest BCUT2D eigenvalue weighted by Crippen LogP contribution is 2.64. The van der Waals surface area contributed by atoms with Crippen molar-refractivity contribution in [2.45, 2.75) is 54.9 Å². The van der Waals surface area contributed by atoms with Crippen LogP contribution in [-0.2, 0) is 11.8 Å². The van der Waals surface area contributed by atoms with Crippen LogP contribution in [0.15, 0.2) is 12.1 Å². The number of aromatic hydroxyl groups is 1. The predicted molar refractivity (Wildman–Crippen MR) is 74.5 cm³/mol. The van der Waals surface area contributed by atoms with Crippen molar-refractivity contribution >= 4 is 0 Å². The van der Waals surface area contributed by atoms with Crippen LogP contribution in [0.3, 0.4) is 0 Å². The van der Waals surface area contributed by atoms with Gasteiger partial charge in [0.25, 0.3) is 0 Å². The second-order valence-electron chi connectivity index (χ2n) is 6.95. The van der Waals surface area contributed by atoms with Crippen LogP contribution < -0.4 is 10.1 Å². The summed E-state index contributed by atoms with van der Waals surface area (Å²) in [6.45, 7) is 0.800. The molecule has 1 saturated heterocycles. The average molecular weight is 289 g/mol. The molecule has 4 aliphatic rings. The highest BCUT2D eigenvalue weighted by atomic mass is 16.5. The van der Waals surface area contributed by atoms with Crippen molar-refractivity contribution in [3.05, 3.63) is 23.3 Å². The maximum atomic E-state index is 11.5. The van der Waals surface area contributed by atoms with Gasteiger partial charge in [0.2, 0.25) is 0 Å². The lowest BCUT2D eigenvalue weighted by atomic mass is 9.49. The molecule has 5 heteroatoms. The molecule has 1 aromatic carbocycles. The summed E-state index contributed by atoms with van der Waals surface area (Å²) in [5, 5.41) is 35.6. The summed E-state index contributed by atoms with van der Waals surface area (Å²) < 4.78 is 6.00. The van der Waals surface area contributed by atoms with Crippen LogP contribution in [0, 0.1) is 0 Å². The Morgan fingerprint density at radius 3 is 3.00 bits per heavy atom. The van der Waals surface area contributed by atoms with E-state index in [1.165, 1.54) is 0 Å². The van der Waals surface area contributed by atoms with E-state index in [-0.39, 0.29) is 11.8 Å². The van der Waals surface area contributed by atoms with Crippen molar-refractivity contribution in [2.75, 3.05) is 6.54 Å². The van der Waals surface area contributed by atoms with Crippen LogP contribution in [0.1, 0.15) is 30.4 Å². The number of aliphatic hydroxyl groups excluding tert-OH is 1. The maximum absolute atomic E-state index is 11.5. The highest BCUT2D eigenvalue weighted by Gasteiger charge is 2.71. The molecule has 0 amide bonds. The molecule has 0 aromatic heterocycles. The smallest absolute Gasteiger partial charge is 0.165 e. The van der Waals surface area contributed by atoms with Gasteiger partial charge in [0, 0.05) is 11.6 Å². The van der Waals surface area contributed by atoms with E-state index in [1.807, 2.05) is 6.07 Å². The average Bonchev–Trinajstić information content (AvgIpc) is 2.80. The number of rotatable bonds is 0. The lowest BCUT2D eigenvalue weighted by molar-refractivity contribution is -0.179. The number of ether oxygens (including phenoxy) is 1. The number of nitrogens with one attached hydrogen (secondary N) is 1. The fourth-order valence-corrected chi connectivity index (χ4v) is 5.42. The van der Waals surface area contributed by atoms with Crippen molar-refractivity contribution in [3.8, 4) is 11.5 Å². The molecule has 2 heterocycles. The molecule has 2 fully saturated rings. The van der Waals surface area contributed by atoms with Gasteiger partial charge >= 0.3 is 0 Å². The van der Waals surface area contributed by atoms with Crippen LogP contribution in [0.2, 0.25) is 0 Å². The number of hydrogen-bond donors (Lipinski definition) is 4. The van der Waals surface area contributed by atoms with E-state index in [4.69, 9.17) is 4.74 Å². The standard InChI is InChI=1S/C16H19NO4/c18-9-2-1-8-7-11-16(20)4-3-10(19)14-15(16,5-6-17-11)12(8)13(9)21-14/h1-2,10-11,14,17-20H,3-7H2/t10-,11+,14-,15-,16+/m0/s1. The fourth-order valence-electron chi connectivity index (χ4n) is 5.42. The first-order valence-electron chi connectivity index (χ1n) is 7.74. The fraction of sp³-hybridized carbons (Fsp3) is 0.625. The topological polar surface area (TPSA) is 82.0 Å². The second kappa shape index (κ2) is 3.54. The summed E-state index contributed by atoms with van der Waals surface area (Å²) >= 11 is 0. The first kappa shape index (κ1) is 12.3.